The van der Waals surface area contributed by atoms with Gasteiger partial charge in [-0.15, -0.1) is 0 Å². The number of thioether (sulfide) groups is 1. The van der Waals surface area contributed by atoms with Gasteiger partial charge in [-0.3, -0.25) is 4.79 Å². The van der Waals surface area contributed by atoms with E-state index in [0.29, 0.717) is 16.9 Å². The number of amides is 1. The standard InChI is InChI=1S/C24H25F3N4OS/c25-24(26,27)17-31-21(18-7-3-1-4-8-18)15-28-23(31)33-16-22(32)29-19-9-11-20(12-10-19)30-13-5-2-6-14-30/h1,3-4,7-12,15H,2,5-6,13-14,16-17H2,(H,29,32). The van der Waals surface area contributed by atoms with Crippen molar-refractivity contribution in [3.63, 3.8) is 0 Å². The number of nitrogens with one attached hydrogen (secondary N) is 1. The van der Waals surface area contributed by atoms with E-state index >= 15 is 0 Å². The van der Waals surface area contributed by atoms with E-state index in [-0.39, 0.29) is 16.8 Å². The van der Waals surface area contributed by atoms with Crippen molar-refractivity contribution in [2.45, 2.75) is 37.1 Å². The molecule has 1 saturated heterocycles. The van der Waals surface area contributed by atoms with Gasteiger partial charge in [-0.2, -0.15) is 13.2 Å². The minimum Gasteiger partial charge on any atom is -0.372 e. The van der Waals surface area contributed by atoms with Crippen molar-refractivity contribution in [3.05, 3.63) is 60.8 Å². The first-order valence-corrected chi connectivity index (χ1v) is 11.8. The highest BCUT2D eigenvalue weighted by atomic mass is 32.2. The molecule has 2 aromatic carbocycles. The smallest absolute Gasteiger partial charge is 0.372 e. The number of rotatable bonds is 7. The lowest BCUT2D eigenvalue weighted by Gasteiger charge is -2.28. The fourth-order valence-corrected chi connectivity index (χ4v) is 4.66. The van der Waals surface area contributed by atoms with E-state index in [4.69, 9.17) is 0 Å². The fraction of sp³-hybridized carbons (Fsp3) is 0.333. The van der Waals surface area contributed by atoms with Crippen molar-refractivity contribution < 1.29 is 18.0 Å². The summed E-state index contributed by atoms with van der Waals surface area (Å²) in [6.07, 6.45) is 0.645. The number of benzene rings is 2. The van der Waals surface area contributed by atoms with Crippen LogP contribution in [0.3, 0.4) is 0 Å². The summed E-state index contributed by atoms with van der Waals surface area (Å²) in [6.45, 7) is 0.912. The van der Waals surface area contributed by atoms with E-state index < -0.39 is 12.7 Å². The number of hydrogen-bond donors (Lipinski definition) is 1. The summed E-state index contributed by atoms with van der Waals surface area (Å²) < 4.78 is 40.7. The van der Waals surface area contributed by atoms with Gasteiger partial charge in [0.1, 0.15) is 6.54 Å². The minimum atomic E-state index is -4.40. The normalized spacial score (nSPS) is 14.3. The van der Waals surface area contributed by atoms with Crippen molar-refractivity contribution >= 4 is 29.0 Å². The van der Waals surface area contributed by atoms with E-state index in [1.54, 1.807) is 30.3 Å². The average Bonchev–Trinajstić information content (AvgIpc) is 3.20. The van der Waals surface area contributed by atoms with Crippen LogP contribution in [0.15, 0.2) is 66.0 Å². The Balaban J connectivity index is 1.40. The molecular formula is C24H25F3N4OS. The third kappa shape index (κ3) is 6.31. The van der Waals surface area contributed by atoms with E-state index in [0.717, 1.165) is 35.1 Å². The monoisotopic (exact) mass is 474 g/mol. The zero-order chi connectivity index (χ0) is 23.3. The predicted molar refractivity (Wildman–Crippen MR) is 126 cm³/mol. The van der Waals surface area contributed by atoms with E-state index in [2.05, 4.69) is 15.2 Å². The van der Waals surface area contributed by atoms with Gasteiger partial charge in [0, 0.05) is 24.5 Å². The summed E-state index contributed by atoms with van der Waals surface area (Å²) in [7, 11) is 0. The Bertz CT molecular complexity index is 1060. The molecule has 174 valence electrons. The van der Waals surface area contributed by atoms with Gasteiger partial charge in [0.05, 0.1) is 17.6 Å². The molecule has 0 aliphatic carbocycles. The number of imidazole rings is 1. The molecule has 0 radical (unpaired) electrons. The third-order valence-electron chi connectivity index (χ3n) is 5.43. The van der Waals surface area contributed by atoms with Crippen molar-refractivity contribution in [2.24, 2.45) is 0 Å². The SMILES string of the molecule is O=C(CSc1ncc(-c2ccccc2)n1CC(F)(F)F)Nc1ccc(N2CCCCC2)cc1. The highest BCUT2D eigenvalue weighted by Gasteiger charge is 2.31. The van der Waals surface area contributed by atoms with Crippen molar-refractivity contribution in [1.82, 2.24) is 9.55 Å². The number of anilines is 2. The van der Waals surface area contributed by atoms with Gasteiger partial charge in [0.2, 0.25) is 5.91 Å². The first-order chi connectivity index (χ1) is 15.9. The minimum absolute atomic E-state index is 0.0447. The molecule has 1 fully saturated rings. The van der Waals surface area contributed by atoms with E-state index in [9.17, 15) is 18.0 Å². The predicted octanol–water partition coefficient (Wildman–Crippen LogP) is 5.83. The molecule has 0 unspecified atom stereocenters. The van der Waals surface area contributed by atoms with Gasteiger partial charge in [-0.05, 0) is 49.1 Å². The van der Waals surface area contributed by atoms with Crippen LogP contribution >= 0.6 is 11.8 Å². The van der Waals surface area contributed by atoms with Gasteiger partial charge < -0.3 is 14.8 Å². The zero-order valence-corrected chi connectivity index (χ0v) is 18.8. The number of halogens is 3. The molecule has 0 bridgehead atoms. The summed E-state index contributed by atoms with van der Waals surface area (Å²) in [6, 6.07) is 16.5. The molecule has 5 nitrogen and oxygen atoms in total. The molecule has 33 heavy (non-hydrogen) atoms. The lowest BCUT2D eigenvalue weighted by molar-refractivity contribution is -0.141. The van der Waals surface area contributed by atoms with Gasteiger partial charge in [-0.25, -0.2) is 4.98 Å². The van der Waals surface area contributed by atoms with Crippen molar-refractivity contribution in [3.8, 4) is 11.3 Å². The number of carbonyl (C=O) groups is 1. The number of piperidine rings is 1. The molecule has 1 amide bonds. The van der Waals surface area contributed by atoms with Crippen LogP contribution in [0.2, 0.25) is 0 Å². The second kappa shape index (κ2) is 10.3. The van der Waals surface area contributed by atoms with Gasteiger partial charge >= 0.3 is 6.18 Å². The number of carbonyl (C=O) groups excluding carboxylic acids is 1. The summed E-state index contributed by atoms with van der Waals surface area (Å²) in [5.74, 6) is -0.342. The van der Waals surface area contributed by atoms with Crippen LogP contribution in [0.1, 0.15) is 19.3 Å². The van der Waals surface area contributed by atoms with E-state index in [1.807, 2.05) is 24.3 Å². The highest BCUT2D eigenvalue weighted by Crippen LogP contribution is 2.30. The summed E-state index contributed by atoms with van der Waals surface area (Å²) in [5.41, 5.74) is 2.79. The summed E-state index contributed by atoms with van der Waals surface area (Å²) in [4.78, 5) is 18.9. The number of nitrogens with zero attached hydrogens (tertiary/aromatic N) is 3. The van der Waals surface area contributed by atoms with Crippen molar-refractivity contribution in [2.75, 3.05) is 29.1 Å². The highest BCUT2D eigenvalue weighted by molar-refractivity contribution is 7.99. The molecule has 3 aromatic rings. The largest absolute Gasteiger partial charge is 0.406 e. The zero-order valence-electron chi connectivity index (χ0n) is 18.0. The molecule has 0 saturated carbocycles. The maximum Gasteiger partial charge on any atom is 0.406 e. The van der Waals surface area contributed by atoms with Gasteiger partial charge in [0.25, 0.3) is 0 Å². The molecule has 9 heteroatoms. The Kier molecular flexibility index (Phi) is 7.27. The second-order valence-corrected chi connectivity index (χ2v) is 8.87. The Morgan fingerprint density at radius 1 is 1.00 bits per heavy atom. The quantitative estimate of drug-likeness (QED) is 0.438. The molecule has 0 spiro atoms. The third-order valence-corrected chi connectivity index (χ3v) is 6.42. The first-order valence-electron chi connectivity index (χ1n) is 10.8. The molecular weight excluding hydrogens is 449 g/mol. The maximum absolute atomic E-state index is 13.2. The molecule has 2 heterocycles. The lowest BCUT2D eigenvalue weighted by Crippen LogP contribution is -2.29. The lowest BCUT2D eigenvalue weighted by atomic mass is 10.1. The van der Waals surface area contributed by atoms with Crippen LogP contribution in [-0.4, -0.2) is 40.5 Å². The Labute approximate surface area is 195 Å². The van der Waals surface area contributed by atoms with E-state index in [1.165, 1.54) is 25.5 Å². The second-order valence-electron chi connectivity index (χ2n) is 7.92. The van der Waals surface area contributed by atoms with Gasteiger partial charge in [0.15, 0.2) is 5.16 Å². The van der Waals surface area contributed by atoms with Crippen molar-refractivity contribution in [1.29, 1.82) is 0 Å². The molecule has 1 aliphatic rings. The van der Waals surface area contributed by atoms with Crippen LogP contribution in [0.5, 0.6) is 0 Å². The average molecular weight is 475 g/mol. The summed E-state index contributed by atoms with van der Waals surface area (Å²) in [5, 5.41) is 2.97. The molecule has 0 atom stereocenters. The molecule has 1 aromatic heterocycles. The number of hydrogen-bond acceptors (Lipinski definition) is 4. The Morgan fingerprint density at radius 3 is 2.36 bits per heavy atom. The van der Waals surface area contributed by atoms with Crippen LogP contribution < -0.4 is 10.2 Å². The van der Waals surface area contributed by atoms with Crippen LogP contribution in [0.4, 0.5) is 24.5 Å². The molecule has 4 rings (SSSR count). The fourth-order valence-electron chi connectivity index (χ4n) is 3.88. The van der Waals surface area contributed by atoms with Crippen LogP contribution in [0, 0.1) is 0 Å². The maximum atomic E-state index is 13.2. The number of aromatic nitrogens is 2. The first kappa shape index (κ1) is 23.2. The number of alkyl halides is 3. The Hall–Kier alpha value is -2.94. The topological polar surface area (TPSA) is 50.2 Å². The van der Waals surface area contributed by atoms with Crippen LogP contribution in [-0.2, 0) is 11.3 Å². The van der Waals surface area contributed by atoms with Crippen LogP contribution in [0.25, 0.3) is 11.3 Å². The Morgan fingerprint density at radius 2 is 1.70 bits per heavy atom. The molecule has 1 aliphatic heterocycles. The summed E-state index contributed by atoms with van der Waals surface area (Å²) >= 11 is 0.988. The van der Waals surface area contributed by atoms with Gasteiger partial charge in [-0.1, -0.05) is 42.1 Å². The molecule has 1 N–H and O–H groups in total.